The maximum absolute atomic E-state index is 10.2. The lowest BCUT2D eigenvalue weighted by atomic mass is 10.0. The molecular formula is C18H23ClN4O6. The van der Waals surface area contributed by atoms with Gasteiger partial charge in [0.25, 0.3) is 0 Å². The largest absolute Gasteiger partial charge is 0.510 e. The molecular weight excluding hydrogens is 404 g/mol. The van der Waals surface area contributed by atoms with Gasteiger partial charge in [-0.15, -0.1) is 6.42 Å². The van der Waals surface area contributed by atoms with Crippen molar-refractivity contribution in [2.75, 3.05) is 19.1 Å². The first-order valence-electron chi connectivity index (χ1n) is 8.75. The van der Waals surface area contributed by atoms with Crippen LogP contribution in [0.2, 0.25) is 5.28 Å². The van der Waals surface area contributed by atoms with E-state index in [2.05, 4.69) is 25.4 Å². The van der Waals surface area contributed by atoms with Gasteiger partial charge >= 0.3 is 6.16 Å². The molecule has 29 heavy (non-hydrogen) atoms. The molecule has 0 bridgehead atoms. The fourth-order valence-corrected chi connectivity index (χ4v) is 2.91. The van der Waals surface area contributed by atoms with Crippen LogP contribution in [-0.2, 0) is 14.2 Å². The molecule has 2 atom stereocenters. The van der Waals surface area contributed by atoms with Crippen LogP contribution in [0.1, 0.15) is 32.9 Å². The van der Waals surface area contributed by atoms with Crippen LogP contribution in [-0.4, -0.2) is 56.0 Å². The number of hydrogen-bond acceptors (Lipinski definition) is 9. The number of anilines is 1. The number of ether oxygens (including phenoxy) is 3. The number of nitrogen functional groups attached to an aromatic ring is 1. The third-order valence-electron chi connectivity index (χ3n) is 4.07. The van der Waals surface area contributed by atoms with Crippen molar-refractivity contribution in [2.45, 2.75) is 44.6 Å². The number of aliphatic hydroxyl groups excluding tert-OH is 2. The number of aliphatic hydroxyl groups is 2. The lowest BCUT2D eigenvalue weighted by molar-refractivity contribution is -0.0615. The predicted octanol–water partition coefficient (Wildman–Crippen LogP) is 1.84. The van der Waals surface area contributed by atoms with E-state index in [9.17, 15) is 9.90 Å². The Morgan fingerprint density at radius 3 is 2.83 bits per heavy atom. The maximum atomic E-state index is 10.2. The van der Waals surface area contributed by atoms with Gasteiger partial charge in [-0.3, -0.25) is 0 Å². The lowest BCUT2D eigenvalue weighted by Crippen LogP contribution is -2.31. The van der Waals surface area contributed by atoms with E-state index in [-0.39, 0.29) is 24.2 Å². The SMILES string of the molecule is C#C[C@@]1(CO)CC[C@H](n2ccc3c(N)nc(Cl)nc32)O1.CC(C)OC(=O)OCO. The number of carbonyl (C=O) groups is 1. The number of halogens is 1. The molecule has 3 heterocycles. The van der Waals surface area contributed by atoms with E-state index in [1.54, 1.807) is 26.1 Å². The van der Waals surface area contributed by atoms with Crippen LogP contribution in [0.5, 0.6) is 0 Å². The first-order valence-corrected chi connectivity index (χ1v) is 9.13. The van der Waals surface area contributed by atoms with E-state index in [0.717, 1.165) is 0 Å². The average molecular weight is 427 g/mol. The number of nitrogens with zero attached hydrogens (tertiary/aromatic N) is 3. The molecule has 10 nitrogen and oxygen atoms in total. The Morgan fingerprint density at radius 1 is 1.55 bits per heavy atom. The molecule has 0 unspecified atom stereocenters. The van der Waals surface area contributed by atoms with Crippen LogP contribution in [0, 0.1) is 12.3 Å². The average Bonchev–Trinajstić information content (AvgIpc) is 3.26. The summed E-state index contributed by atoms with van der Waals surface area (Å²) in [6, 6.07) is 1.80. The van der Waals surface area contributed by atoms with Crippen molar-refractivity contribution in [3.63, 3.8) is 0 Å². The van der Waals surface area contributed by atoms with E-state index < -0.39 is 18.5 Å². The van der Waals surface area contributed by atoms with Crippen molar-refractivity contribution in [3.8, 4) is 12.3 Å². The number of nitrogens with two attached hydrogens (primary N) is 1. The molecule has 158 valence electrons. The summed E-state index contributed by atoms with van der Waals surface area (Å²) in [4.78, 5) is 18.3. The van der Waals surface area contributed by atoms with Crippen LogP contribution in [0.15, 0.2) is 12.3 Å². The minimum absolute atomic E-state index is 0.0818. The van der Waals surface area contributed by atoms with Crippen molar-refractivity contribution in [2.24, 2.45) is 0 Å². The fraction of sp³-hybridized carbons (Fsp3) is 0.500. The fourth-order valence-electron chi connectivity index (χ4n) is 2.74. The Bertz CT molecular complexity index is 896. The second-order valence-corrected chi connectivity index (χ2v) is 6.77. The molecule has 1 fully saturated rings. The third kappa shape index (κ3) is 5.48. The molecule has 0 aliphatic carbocycles. The highest BCUT2D eigenvalue weighted by atomic mass is 35.5. The highest BCUT2D eigenvalue weighted by molar-refractivity contribution is 6.28. The van der Waals surface area contributed by atoms with Gasteiger partial charge in [-0.25, -0.2) is 9.78 Å². The summed E-state index contributed by atoms with van der Waals surface area (Å²) >= 11 is 5.84. The number of carbonyl (C=O) groups excluding carboxylic acids is 1. The second-order valence-electron chi connectivity index (χ2n) is 6.44. The first kappa shape index (κ1) is 22.7. The van der Waals surface area contributed by atoms with Crippen LogP contribution in [0.4, 0.5) is 10.6 Å². The van der Waals surface area contributed by atoms with E-state index in [1.165, 1.54) is 0 Å². The van der Waals surface area contributed by atoms with Gasteiger partial charge in [0.05, 0.1) is 18.1 Å². The van der Waals surface area contributed by atoms with Crippen molar-refractivity contribution >= 4 is 34.6 Å². The normalized spacial score (nSPS) is 20.8. The maximum Gasteiger partial charge on any atom is 0.510 e. The molecule has 0 spiro atoms. The quantitative estimate of drug-likeness (QED) is 0.289. The Morgan fingerprint density at radius 2 is 2.28 bits per heavy atom. The summed E-state index contributed by atoms with van der Waals surface area (Å²) in [6.45, 7) is 2.54. The van der Waals surface area contributed by atoms with Gasteiger partial charge in [0.2, 0.25) is 5.28 Å². The first-order chi connectivity index (χ1) is 13.7. The molecule has 4 N–H and O–H groups in total. The summed E-state index contributed by atoms with van der Waals surface area (Å²) < 4.78 is 16.1. The Balaban J connectivity index is 0.000000284. The predicted molar refractivity (Wildman–Crippen MR) is 105 cm³/mol. The van der Waals surface area contributed by atoms with Gasteiger partial charge < -0.3 is 34.7 Å². The summed E-state index contributed by atoms with van der Waals surface area (Å²) in [5, 5.41) is 18.2. The summed E-state index contributed by atoms with van der Waals surface area (Å²) in [5.74, 6) is 2.84. The Labute approximate surface area is 172 Å². The molecule has 0 radical (unpaired) electrons. The van der Waals surface area contributed by atoms with Crippen molar-refractivity contribution in [1.29, 1.82) is 0 Å². The zero-order valence-corrected chi connectivity index (χ0v) is 16.8. The zero-order chi connectivity index (χ0) is 21.6. The monoisotopic (exact) mass is 426 g/mol. The molecule has 2 aromatic heterocycles. The van der Waals surface area contributed by atoms with E-state index in [1.807, 2.05) is 4.57 Å². The number of aromatic nitrogens is 3. The number of terminal acetylenes is 1. The molecule has 1 aliphatic heterocycles. The molecule has 1 aliphatic rings. The molecule has 2 aromatic rings. The lowest BCUT2D eigenvalue weighted by Gasteiger charge is -2.21. The smallest absolute Gasteiger partial charge is 0.432 e. The van der Waals surface area contributed by atoms with Gasteiger partial charge in [-0.1, -0.05) is 5.92 Å². The van der Waals surface area contributed by atoms with E-state index in [0.29, 0.717) is 29.7 Å². The zero-order valence-electron chi connectivity index (χ0n) is 16.0. The molecule has 3 rings (SSSR count). The Kier molecular flexibility index (Phi) is 7.64. The molecule has 0 saturated carbocycles. The van der Waals surface area contributed by atoms with Crippen molar-refractivity contribution < 1.29 is 29.2 Å². The number of fused-ring (bicyclic) bond motifs is 1. The van der Waals surface area contributed by atoms with Gasteiger partial charge in [-0.2, -0.15) is 4.98 Å². The Hall–Kier alpha value is -2.58. The standard InChI is InChI=1S/C13H13ClN4O2.C5H10O4/c1-2-13(7-19)5-3-9(20-13)18-6-4-8-10(15)16-12(14)17-11(8)18;1-4(2)9-5(7)8-3-6/h1,4,6,9,19H,3,5,7H2,(H2,15,16,17);4,6H,3H2,1-2H3/t9-,13+;/m1./s1. The van der Waals surface area contributed by atoms with E-state index >= 15 is 0 Å². The highest BCUT2D eigenvalue weighted by Crippen LogP contribution is 2.37. The van der Waals surface area contributed by atoms with Crippen LogP contribution >= 0.6 is 11.6 Å². The van der Waals surface area contributed by atoms with Gasteiger partial charge in [-0.05, 0) is 44.4 Å². The third-order valence-corrected chi connectivity index (χ3v) is 4.24. The van der Waals surface area contributed by atoms with Crippen molar-refractivity contribution in [3.05, 3.63) is 17.5 Å². The number of hydrogen-bond donors (Lipinski definition) is 3. The van der Waals surface area contributed by atoms with Crippen LogP contribution < -0.4 is 5.73 Å². The molecule has 11 heteroatoms. The summed E-state index contributed by atoms with van der Waals surface area (Å²) in [6.07, 6.45) is 7.16. The highest BCUT2D eigenvalue weighted by Gasteiger charge is 2.39. The molecule has 0 aromatic carbocycles. The van der Waals surface area contributed by atoms with Crippen molar-refractivity contribution in [1.82, 2.24) is 14.5 Å². The summed E-state index contributed by atoms with van der Waals surface area (Å²) in [7, 11) is 0. The molecule has 0 amide bonds. The van der Waals surface area contributed by atoms with Crippen LogP contribution in [0.25, 0.3) is 11.0 Å². The minimum atomic E-state index is -0.927. The topological polar surface area (TPSA) is 142 Å². The van der Waals surface area contributed by atoms with E-state index in [4.69, 9.17) is 33.6 Å². The summed E-state index contributed by atoms with van der Waals surface area (Å²) in [5.41, 5.74) is 5.48. The van der Waals surface area contributed by atoms with Gasteiger partial charge in [0, 0.05) is 6.20 Å². The number of rotatable bonds is 4. The minimum Gasteiger partial charge on any atom is -0.432 e. The second kappa shape index (κ2) is 9.76. The van der Waals surface area contributed by atoms with Gasteiger partial charge in [0.15, 0.2) is 12.4 Å². The van der Waals surface area contributed by atoms with Gasteiger partial charge in [0.1, 0.15) is 17.7 Å². The van der Waals surface area contributed by atoms with Crippen LogP contribution in [0.3, 0.4) is 0 Å². The molecule has 1 saturated heterocycles.